The average molecular weight is 871 g/mol. The quantitative estimate of drug-likeness (QED) is 0.0364. The molecule has 3 atom stereocenters. The van der Waals surface area contributed by atoms with E-state index in [-0.39, 0.29) is 88.5 Å². The highest BCUT2D eigenvalue weighted by Crippen LogP contribution is 2.21. The van der Waals surface area contributed by atoms with Gasteiger partial charge in [0, 0.05) is 26.3 Å². The summed E-state index contributed by atoms with van der Waals surface area (Å²) in [6.45, 7) is 12.6. The highest BCUT2D eigenvalue weighted by molar-refractivity contribution is 5.93. The Balaban J connectivity index is 1.98. The highest BCUT2D eigenvalue weighted by atomic mass is 16.6. The second-order valence-corrected chi connectivity index (χ2v) is 14.3. The van der Waals surface area contributed by atoms with Gasteiger partial charge in [-0.15, -0.1) is 0 Å². The standard InChI is InChI=1S/C41H70N6O14/c1-8-31(3)38(34(9-2)54-7)47(6)37(51)27-43-39(52)41(4,5)46-35(49)14-15-55-16-17-56-18-19-57-20-21-58-22-23-59-24-25-60-30-44-40(53)61-28-32-10-12-33(13-11-32)45-36(50)26-42-29-48/h10-13,29,31,34,38H,8-9,14-28,30H2,1-7H3,(H,42,48)(H,43,52)(H,44,53)(H,45,50)(H,46,49). The van der Waals surface area contributed by atoms with Gasteiger partial charge in [-0.3, -0.25) is 29.3 Å². The molecule has 0 bridgehead atoms. The van der Waals surface area contributed by atoms with Gasteiger partial charge in [0.2, 0.25) is 30.0 Å². The predicted molar refractivity (Wildman–Crippen MR) is 224 cm³/mol. The molecule has 0 aliphatic rings. The van der Waals surface area contributed by atoms with Gasteiger partial charge in [-0.05, 0) is 43.9 Å². The molecular formula is C41H70N6O14. The number of likely N-dealkylation sites (N-methyl/N-ethyl adjacent to an activating group) is 1. The summed E-state index contributed by atoms with van der Waals surface area (Å²) in [4.78, 5) is 73.7. The fourth-order valence-electron chi connectivity index (χ4n) is 5.59. The summed E-state index contributed by atoms with van der Waals surface area (Å²) in [6.07, 6.45) is 1.35. The van der Waals surface area contributed by atoms with Crippen LogP contribution in [0.1, 0.15) is 59.4 Å². The Labute approximate surface area is 360 Å². The van der Waals surface area contributed by atoms with Crippen molar-refractivity contribution in [1.82, 2.24) is 26.2 Å². The molecule has 61 heavy (non-hydrogen) atoms. The van der Waals surface area contributed by atoms with Gasteiger partial charge in [-0.1, -0.05) is 39.3 Å². The zero-order valence-electron chi connectivity index (χ0n) is 37.0. The molecule has 1 rings (SSSR count). The molecule has 348 valence electrons. The van der Waals surface area contributed by atoms with E-state index in [0.717, 1.165) is 18.4 Å². The predicted octanol–water partition coefficient (Wildman–Crippen LogP) is 1.35. The molecule has 0 aromatic heterocycles. The maximum absolute atomic E-state index is 13.0. The molecule has 0 spiro atoms. The largest absolute Gasteiger partial charge is 0.445 e. The summed E-state index contributed by atoms with van der Waals surface area (Å²) in [5.41, 5.74) is 0.0304. The van der Waals surface area contributed by atoms with E-state index < -0.39 is 17.5 Å². The van der Waals surface area contributed by atoms with E-state index in [2.05, 4.69) is 40.4 Å². The summed E-state index contributed by atoms with van der Waals surface area (Å²) in [5, 5.41) is 12.7. The molecule has 1 aromatic carbocycles. The Hall–Kier alpha value is -4.44. The van der Waals surface area contributed by atoms with E-state index in [1.165, 1.54) is 0 Å². The van der Waals surface area contributed by atoms with Crippen LogP contribution >= 0.6 is 0 Å². The molecule has 0 saturated carbocycles. The minimum Gasteiger partial charge on any atom is -0.445 e. The Bertz CT molecular complexity index is 1400. The minimum absolute atomic E-state index is 0.0296. The van der Waals surface area contributed by atoms with Crippen LogP contribution in [0.15, 0.2) is 24.3 Å². The fourth-order valence-corrected chi connectivity index (χ4v) is 5.59. The zero-order chi connectivity index (χ0) is 45.3. The Morgan fingerprint density at radius 2 is 1.28 bits per heavy atom. The van der Waals surface area contributed by atoms with Crippen molar-refractivity contribution in [1.29, 1.82) is 0 Å². The van der Waals surface area contributed by atoms with Gasteiger partial charge in [0.15, 0.2) is 0 Å². The molecular weight excluding hydrogens is 800 g/mol. The zero-order valence-corrected chi connectivity index (χ0v) is 37.0. The smallest absolute Gasteiger partial charge is 0.409 e. The lowest BCUT2D eigenvalue weighted by molar-refractivity contribution is -0.139. The summed E-state index contributed by atoms with van der Waals surface area (Å²) >= 11 is 0. The number of nitrogens with one attached hydrogen (secondary N) is 5. The van der Waals surface area contributed by atoms with Gasteiger partial charge in [0.05, 0.1) is 97.9 Å². The maximum Gasteiger partial charge on any atom is 0.409 e. The van der Waals surface area contributed by atoms with Crippen LogP contribution in [0.3, 0.4) is 0 Å². The van der Waals surface area contributed by atoms with Crippen LogP contribution in [0.2, 0.25) is 0 Å². The number of carbonyl (C=O) groups is 6. The third-order valence-corrected chi connectivity index (χ3v) is 9.18. The van der Waals surface area contributed by atoms with Crippen molar-refractivity contribution in [3.05, 3.63) is 29.8 Å². The molecule has 0 radical (unpaired) electrons. The number of amides is 6. The monoisotopic (exact) mass is 870 g/mol. The molecule has 1 aromatic rings. The first-order chi connectivity index (χ1) is 29.3. The highest BCUT2D eigenvalue weighted by Gasteiger charge is 2.33. The van der Waals surface area contributed by atoms with Crippen LogP contribution < -0.4 is 26.6 Å². The lowest BCUT2D eigenvalue weighted by atomic mass is 9.91. The molecule has 20 heteroatoms. The van der Waals surface area contributed by atoms with E-state index in [1.54, 1.807) is 57.2 Å². The summed E-state index contributed by atoms with van der Waals surface area (Å²) in [5.74, 6) is -1.22. The summed E-state index contributed by atoms with van der Waals surface area (Å²) in [6, 6.07) is 6.57. The third kappa shape index (κ3) is 25.2. The number of rotatable bonds is 36. The number of hydrogen-bond donors (Lipinski definition) is 5. The van der Waals surface area contributed by atoms with E-state index >= 15 is 0 Å². The van der Waals surface area contributed by atoms with E-state index in [9.17, 15) is 28.8 Å². The second kappa shape index (κ2) is 33.2. The van der Waals surface area contributed by atoms with Crippen molar-refractivity contribution in [3.8, 4) is 0 Å². The van der Waals surface area contributed by atoms with E-state index in [0.29, 0.717) is 65.0 Å². The second-order valence-electron chi connectivity index (χ2n) is 14.3. The minimum atomic E-state index is -1.23. The molecule has 0 aliphatic heterocycles. The van der Waals surface area contributed by atoms with Gasteiger partial charge >= 0.3 is 6.09 Å². The van der Waals surface area contributed by atoms with Crippen LogP contribution in [-0.4, -0.2) is 165 Å². The number of alkyl carbamates (subject to hydrolysis) is 1. The van der Waals surface area contributed by atoms with Gasteiger partial charge in [-0.25, -0.2) is 4.79 Å². The van der Waals surface area contributed by atoms with Crippen molar-refractivity contribution in [2.24, 2.45) is 5.92 Å². The molecule has 0 fully saturated rings. The number of benzene rings is 1. The third-order valence-electron chi connectivity index (χ3n) is 9.18. The van der Waals surface area contributed by atoms with Gasteiger partial charge in [-0.2, -0.15) is 0 Å². The number of hydrogen-bond acceptors (Lipinski definition) is 14. The van der Waals surface area contributed by atoms with Crippen molar-refractivity contribution < 1.29 is 66.7 Å². The van der Waals surface area contributed by atoms with E-state index in [1.807, 2.05) is 6.92 Å². The molecule has 3 unspecified atom stereocenters. The summed E-state index contributed by atoms with van der Waals surface area (Å²) in [7, 11) is 3.36. The number of nitrogens with zero attached hydrogens (tertiary/aromatic N) is 1. The molecule has 0 aliphatic carbocycles. The van der Waals surface area contributed by atoms with E-state index in [4.69, 9.17) is 37.9 Å². The van der Waals surface area contributed by atoms with Crippen molar-refractivity contribution in [3.63, 3.8) is 0 Å². The normalized spacial score (nSPS) is 12.7. The van der Waals surface area contributed by atoms with Crippen molar-refractivity contribution in [2.75, 3.05) is 112 Å². The number of carbonyl (C=O) groups excluding carboxylic acids is 6. The SMILES string of the molecule is CCC(C)C(C(CC)OC)N(C)C(=O)CNC(=O)C(C)(C)NC(=O)CCOCCOCCOCCOCCOCCOCNC(=O)OCc1ccc(NC(=O)CNC=O)cc1. The van der Waals surface area contributed by atoms with Gasteiger partial charge in [0.1, 0.15) is 18.9 Å². The van der Waals surface area contributed by atoms with Crippen LogP contribution in [0.4, 0.5) is 10.5 Å². The van der Waals surface area contributed by atoms with Crippen LogP contribution in [0, 0.1) is 5.92 Å². The Kier molecular flexibility index (Phi) is 29.7. The Morgan fingerprint density at radius 3 is 1.79 bits per heavy atom. The number of anilines is 1. The Morgan fingerprint density at radius 1 is 0.738 bits per heavy atom. The maximum atomic E-state index is 13.0. The molecule has 0 heterocycles. The summed E-state index contributed by atoms with van der Waals surface area (Å²) < 4.78 is 43.4. The van der Waals surface area contributed by atoms with Crippen molar-refractivity contribution >= 4 is 41.8 Å². The van der Waals surface area contributed by atoms with Gasteiger partial charge < -0.3 is 64.1 Å². The van der Waals surface area contributed by atoms with Crippen LogP contribution in [-0.2, 0) is 68.5 Å². The van der Waals surface area contributed by atoms with Crippen LogP contribution in [0.5, 0.6) is 0 Å². The number of methoxy groups -OCH3 is 1. The fraction of sp³-hybridized carbons (Fsp3) is 0.707. The van der Waals surface area contributed by atoms with Gasteiger partial charge in [0.25, 0.3) is 0 Å². The first-order valence-corrected chi connectivity index (χ1v) is 20.6. The van der Waals surface area contributed by atoms with Crippen molar-refractivity contribution in [2.45, 2.75) is 78.2 Å². The first kappa shape index (κ1) is 54.6. The van der Waals surface area contributed by atoms with Crippen LogP contribution in [0.25, 0.3) is 0 Å². The molecule has 6 amide bonds. The lowest BCUT2D eigenvalue weighted by Gasteiger charge is -2.37. The lowest BCUT2D eigenvalue weighted by Crippen LogP contribution is -2.57. The molecule has 20 nitrogen and oxygen atoms in total. The first-order valence-electron chi connectivity index (χ1n) is 20.6. The molecule has 0 saturated heterocycles. The topological polar surface area (TPSA) is 240 Å². The number of ether oxygens (including phenoxy) is 8. The molecule has 5 N–H and O–H groups in total. The average Bonchev–Trinajstić information content (AvgIpc) is 3.24.